The summed E-state index contributed by atoms with van der Waals surface area (Å²) < 4.78 is 11.2. The first kappa shape index (κ1) is 17.4. The summed E-state index contributed by atoms with van der Waals surface area (Å²) in [5, 5.41) is 0. The van der Waals surface area contributed by atoms with Crippen molar-refractivity contribution in [2.75, 3.05) is 0 Å². The highest BCUT2D eigenvalue weighted by molar-refractivity contribution is 5.88. The number of ketones is 1. The zero-order valence-corrected chi connectivity index (χ0v) is 15.4. The van der Waals surface area contributed by atoms with Crippen molar-refractivity contribution in [3.8, 4) is 0 Å². The van der Waals surface area contributed by atoms with Gasteiger partial charge in [0, 0.05) is 37.0 Å². The van der Waals surface area contributed by atoms with Gasteiger partial charge in [-0.3, -0.25) is 14.4 Å². The fraction of sp³-hybridized carbons (Fsp3) is 0.842. The third kappa shape index (κ3) is 2.16. The van der Waals surface area contributed by atoms with Crippen molar-refractivity contribution in [1.29, 1.82) is 0 Å². The summed E-state index contributed by atoms with van der Waals surface area (Å²) in [5.41, 5.74) is -0.797. The molecule has 0 saturated heterocycles. The Bertz CT molecular complexity index is 595. The Labute approximate surface area is 143 Å². The topological polar surface area (TPSA) is 69.7 Å². The van der Waals surface area contributed by atoms with E-state index in [-0.39, 0.29) is 53.4 Å². The van der Waals surface area contributed by atoms with E-state index in [0.717, 1.165) is 6.42 Å². The van der Waals surface area contributed by atoms with Crippen LogP contribution in [-0.2, 0) is 23.9 Å². The Balaban J connectivity index is 2.04. The first-order chi connectivity index (χ1) is 11.0. The number of ether oxygens (including phenoxy) is 2. The molecule has 0 aromatic heterocycles. The van der Waals surface area contributed by atoms with Gasteiger partial charge in [0.1, 0.15) is 18.0 Å². The van der Waals surface area contributed by atoms with E-state index in [1.165, 1.54) is 13.8 Å². The lowest BCUT2D eigenvalue weighted by Crippen LogP contribution is -2.71. The molecule has 4 fully saturated rings. The minimum atomic E-state index is -0.478. The Morgan fingerprint density at radius 1 is 1.00 bits per heavy atom. The zero-order chi connectivity index (χ0) is 18.0. The summed E-state index contributed by atoms with van der Waals surface area (Å²) in [5.74, 6) is 0.303. The molecule has 4 saturated carbocycles. The average molecular weight is 336 g/mol. The van der Waals surface area contributed by atoms with Crippen molar-refractivity contribution in [1.82, 2.24) is 0 Å². The van der Waals surface area contributed by atoms with E-state index in [1.807, 2.05) is 6.92 Å². The molecule has 0 unspecified atom stereocenters. The lowest BCUT2D eigenvalue weighted by molar-refractivity contribution is -0.255. The Kier molecular flexibility index (Phi) is 3.85. The molecule has 0 aliphatic heterocycles. The molecule has 4 rings (SSSR count). The molecule has 0 radical (unpaired) electrons. The van der Waals surface area contributed by atoms with Crippen LogP contribution in [0.15, 0.2) is 0 Å². The van der Waals surface area contributed by atoms with Crippen molar-refractivity contribution in [3.63, 3.8) is 0 Å². The Hall–Kier alpha value is -1.39. The predicted octanol–water partition coefficient (Wildman–Crippen LogP) is 2.76. The van der Waals surface area contributed by atoms with Crippen LogP contribution in [-0.4, -0.2) is 29.9 Å². The second kappa shape index (κ2) is 5.30. The summed E-state index contributed by atoms with van der Waals surface area (Å²) in [6.07, 6.45) is 0.427. The summed E-state index contributed by atoms with van der Waals surface area (Å²) >= 11 is 0. The first-order valence-corrected chi connectivity index (χ1v) is 8.89. The van der Waals surface area contributed by atoms with Gasteiger partial charge in [0.15, 0.2) is 0 Å². The lowest BCUT2D eigenvalue weighted by atomic mass is 9.35. The molecule has 5 heteroatoms. The van der Waals surface area contributed by atoms with Crippen LogP contribution in [0.4, 0.5) is 0 Å². The fourth-order valence-electron chi connectivity index (χ4n) is 6.19. The largest absolute Gasteiger partial charge is 0.462 e. The lowest BCUT2D eigenvalue weighted by Gasteiger charge is -2.69. The predicted molar refractivity (Wildman–Crippen MR) is 86.9 cm³/mol. The molecule has 5 nitrogen and oxygen atoms in total. The number of carbonyl (C=O) groups excluding carboxylic acids is 3. The van der Waals surface area contributed by atoms with E-state index in [1.54, 1.807) is 0 Å². The molecule has 0 N–H and O–H groups in total. The van der Waals surface area contributed by atoms with Crippen LogP contribution in [0.1, 0.15) is 54.4 Å². The third-order valence-electron chi connectivity index (χ3n) is 7.06. The van der Waals surface area contributed by atoms with Crippen molar-refractivity contribution in [2.24, 2.45) is 34.5 Å². The van der Waals surface area contributed by atoms with Crippen molar-refractivity contribution >= 4 is 17.7 Å². The van der Waals surface area contributed by atoms with Crippen LogP contribution in [0.2, 0.25) is 0 Å². The molecule has 0 aromatic carbocycles. The molecule has 0 heterocycles. The van der Waals surface area contributed by atoms with Crippen LogP contribution >= 0.6 is 0 Å². The molecule has 0 aromatic rings. The number of esters is 2. The van der Waals surface area contributed by atoms with E-state index in [0.29, 0.717) is 5.92 Å². The zero-order valence-electron chi connectivity index (χ0n) is 15.4. The summed E-state index contributed by atoms with van der Waals surface area (Å²) in [7, 11) is 0. The van der Waals surface area contributed by atoms with E-state index in [4.69, 9.17) is 9.47 Å². The second-order valence-electron chi connectivity index (χ2n) is 8.77. The van der Waals surface area contributed by atoms with Gasteiger partial charge in [-0.1, -0.05) is 27.7 Å². The maximum absolute atomic E-state index is 13.1. The van der Waals surface area contributed by atoms with Crippen molar-refractivity contribution in [3.05, 3.63) is 0 Å². The number of Topliss-reactive ketones (excluding diaryl/α,β-unsaturated/α-hetero) is 1. The molecule has 0 spiro atoms. The highest BCUT2D eigenvalue weighted by Crippen LogP contribution is 2.73. The normalized spacial score (nSPS) is 45.7. The highest BCUT2D eigenvalue weighted by atomic mass is 16.5. The van der Waals surface area contributed by atoms with Gasteiger partial charge in [0.25, 0.3) is 0 Å². The maximum atomic E-state index is 13.1. The number of carbonyl (C=O) groups is 3. The first-order valence-electron chi connectivity index (χ1n) is 8.89. The molecule has 4 aliphatic rings. The summed E-state index contributed by atoms with van der Waals surface area (Å²) in [4.78, 5) is 36.2. The number of rotatable bonds is 2. The number of hydrogen-bond donors (Lipinski definition) is 0. The number of fused-ring (bicyclic) bond motifs is 2. The minimum absolute atomic E-state index is 0.0191. The quantitative estimate of drug-likeness (QED) is 0.725. The molecule has 7 atom stereocenters. The van der Waals surface area contributed by atoms with Gasteiger partial charge in [-0.15, -0.1) is 0 Å². The molecule has 24 heavy (non-hydrogen) atoms. The van der Waals surface area contributed by atoms with Gasteiger partial charge in [0.05, 0.1) is 0 Å². The van der Waals surface area contributed by atoms with Crippen LogP contribution in [0.3, 0.4) is 0 Å². The minimum Gasteiger partial charge on any atom is -0.462 e. The van der Waals surface area contributed by atoms with Gasteiger partial charge in [-0.2, -0.15) is 0 Å². The molecule has 4 bridgehead atoms. The van der Waals surface area contributed by atoms with Gasteiger partial charge in [-0.05, 0) is 24.2 Å². The molecule has 4 aliphatic carbocycles. The molecule has 134 valence electrons. The molecule has 0 amide bonds. The standard InChI is InChI=1S/C19H28O5/c1-9-7-12(23-10(2)20)16-17-15(9)19(16,6)13(22)8-14(18(17,4)5)24-11(3)21/h9,12,14-17H,7-8H2,1-6H3/t9-,12+,14+,15-,16+,17-,19+/m0/s1. The highest BCUT2D eigenvalue weighted by Gasteiger charge is 2.75. The average Bonchev–Trinajstić information content (AvgIpc) is 2.50. The maximum Gasteiger partial charge on any atom is 0.302 e. The van der Waals surface area contributed by atoms with E-state index >= 15 is 0 Å². The fourth-order valence-corrected chi connectivity index (χ4v) is 6.19. The Morgan fingerprint density at radius 2 is 1.58 bits per heavy atom. The van der Waals surface area contributed by atoms with E-state index in [2.05, 4.69) is 20.8 Å². The van der Waals surface area contributed by atoms with Gasteiger partial charge in [0.2, 0.25) is 0 Å². The SMILES string of the molecule is CC(=O)O[C@@H]1C[C@H](C)[C@H]2[C@H]3[C@@H]1[C@]2(C)C(=O)C[C@@H](OC(C)=O)C3(C)C. The summed E-state index contributed by atoms with van der Waals surface area (Å²) in [6, 6.07) is 0. The van der Waals surface area contributed by atoms with Crippen molar-refractivity contribution < 1.29 is 23.9 Å². The van der Waals surface area contributed by atoms with E-state index < -0.39 is 11.5 Å². The van der Waals surface area contributed by atoms with Gasteiger partial charge < -0.3 is 9.47 Å². The molecular weight excluding hydrogens is 308 g/mol. The Morgan fingerprint density at radius 3 is 2.12 bits per heavy atom. The van der Waals surface area contributed by atoms with Gasteiger partial charge in [-0.25, -0.2) is 0 Å². The monoisotopic (exact) mass is 336 g/mol. The van der Waals surface area contributed by atoms with E-state index in [9.17, 15) is 14.4 Å². The van der Waals surface area contributed by atoms with Crippen LogP contribution in [0.5, 0.6) is 0 Å². The van der Waals surface area contributed by atoms with Gasteiger partial charge >= 0.3 is 11.9 Å². The van der Waals surface area contributed by atoms with Crippen LogP contribution in [0.25, 0.3) is 0 Å². The smallest absolute Gasteiger partial charge is 0.302 e. The van der Waals surface area contributed by atoms with Crippen LogP contribution in [0, 0.1) is 34.5 Å². The third-order valence-corrected chi connectivity index (χ3v) is 7.06. The van der Waals surface area contributed by atoms with Crippen LogP contribution < -0.4 is 0 Å². The number of hydrogen-bond acceptors (Lipinski definition) is 5. The summed E-state index contributed by atoms with van der Waals surface area (Å²) in [6.45, 7) is 11.2. The van der Waals surface area contributed by atoms with Crippen molar-refractivity contribution in [2.45, 2.75) is 66.6 Å². The second-order valence-corrected chi connectivity index (χ2v) is 8.77. The molecular formula is C19H28O5.